The second-order valence-corrected chi connectivity index (χ2v) is 13.4. The molecule has 0 saturated heterocycles. The highest BCUT2D eigenvalue weighted by Gasteiger charge is 2.36. The average molecular weight is 599 g/mol. The Labute approximate surface area is 276 Å². The lowest BCUT2D eigenvalue weighted by Crippen LogP contribution is -2.15. The van der Waals surface area contributed by atoms with E-state index in [1.165, 1.54) is 88.3 Å². The molecule has 0 aromatic heterocycles. The highest BCUT2D eigenvalue weighted by Crippen LogP contribution is 2.51. The van der Waals surface area contributed by atoms with E-state index < -0.39 is 0 Å². The predicted molar refractivity (Wildman–Crippen MR) is 201 cm³/mol. The predicted octanol–water partition coefficient (Wildman–Crippen LogP) is 13.0. The first-order valence-electron chi connectivity index (χ1n) is 16.5. The summed E-state index contributed by atoms with van der Waals surface area (Å²) in [5.41, 5.74) is 15.4. The van der Waals surface area contributed by atoms with Crippen molar-refractivity contribution in [2.45, 2.75) is 19.3 Å². The molecule has 47 heavy (non-hydrogen) atoms. The lowest BCUT2D eigenvalue weighted by atomic mass is 9.80. The van der Waals surface area contributed by atoms with Gasteiger partial charge in [-0.2, -0.15) is 0 Å². The molecule has 0 unspecified atom stereocenters. The molecule has 1 aliphatic carbocycles. The van der Waals surface area contributed by atoms with Crippen LogP contribution in [0.1, 0.15) is 25.0 Å². The number of hydrogen-bond acceptors (Lipinski definition) is 0. The zero-order chi connectivity index (χ0) is 31.5. The Kier molecular flexibility index (Phi) is 6.27. The molecule has 0 spiro atoms. The molecule has 9 rings (SSSR count). The van der Waals surface area contributed by atoms with Crippen LogP contribution in [-0.2, 0) is 5.41 Å². The van der Waals surface area contributed by atoms with Gasteiger partial charge in [0, 0.05) is 5.41 Å². The third kappa shape index (κ3) is 4.60. The van der Waals surface area contributed by atoms with Crippen molar-refractivity contribution in [3.8, 4) is 55.6 Å². The van der Waals surface area contributed by atoms with Gasteiger partial charge in [0.1, 0.15) is 0 Å². The molecule has 1 aliphatic rings. The lowest BCUT2D eigenvalue weighted by Gasteiger charge is -2.23. The fourth-order valence-corrected chi connectivity index (χ4v) is 7.66. The van der Waals surface area contributed by atoms with E-state index in [-0.39, 0.29) is 5.41 Å². The first-order valence-corrected chi connectivity index (χ1v) is 16.5. The highest BCUT2D eigenvalue weighted by atomic mass is 14.4. The number of rotatable bonds is 4. The molecule has 0 heterocycles. The van der Waals surface area contributed by atoms with Gasteiger partial charge < -0.3 is 0 Å². The molecule has 0 bridgehead atoms. The summed E-state index contributed by atoms with van der Waals surface area (Å²) in [5.74, 6) is 0. The zero-order valence-corrected chi connectivity index (χ0v) is 26.7. The van der Waals surface area contributed by atoms with Gasteiger partial charge in [0.05, 0.1) is 0 Å². The van der Waals surface area contributed by atoms with E-state index in [0.717, 1.165) is 0 Å². The standard InChI is InChI=1S/C47H34/c1-47(2)45-29-39(38-21-20-36-27-35(18-19-37(36)28-38)34-17-16-31-10-6-7-13-33(31)26-34)22-24-43(45)44-25-23-40(30-46(44)47)42-15-9-8-14-41(42)32-11-4-3-5-12-32/h3-30H,1-2H3. The van der Waals surface area contributed by atoms with Crippen LogP contribution < -0.4 is 0 Å². The largest absolute Gasteiger partial charge is 0.0622 e. The van der Waals surface area contributed by atoms with Crippen LogP contribution in [0, 0.1) is 0 Å². The van der Waals surface area contributed by atoms with Crippen LogP contribution in [0.5, 0.6) is 0 Å². The fourth-order valence-electron chi connectivity index (χ4n) is 7.66. The molecule has 222 valence electrons. The van der Waals surface area contributed by atoms with Crippen molar-refractivity contribution in [2.24, 2.45) is 0 Å². The summed E-state index contributed by atoms with van der Waals surface area (Å²) in [6.45, 7) is 4.76. The molecule has 0 radical (unpaired) electrons. The number of fused-ring (bicyclic) bond motifs is 5. The van der Waals surface area contributed by atoms with E-state index in [1.54, 1.807) is 0 Å². The van der Waals surface area contributed by atoms with E-state index in [1.807, 2.05) is 0 Å². The molecule has 8 aromatic carbocycles. The van der Waals surface area contributed by atoms with E-state index in [0.29, 0.717) is 0 Å². The SMILES string of the molecule is CC1(C)c2cc(-c3ccc4cc(-c5ccc6ccccc6c5)ccc4c3)ccc2-c2ccc(-c3ccccc3-c3ccccc3)cc21. The monoisotopic (exact) mass is 598 g/mol. The molecular weight excluding hydrogens is 565 g/mol. The Balaban J connectivity index is 1.06. The molecule has 8 aromatic rings. The molecular formula is C47H34. The summed E-state index contributed by atoms with van der Waals surface area (Å²) in [4.78, 5) is 0. The van der Waals surface area contributed by atoms with Crippen molar-refractivity contribution in [2.75, 3.05) is 0 Å². The first kappa shape index (κ1) is 27.6. The van der Waals surface area contributed by atoms with Crippen LogP contribution in [0.4, 0.5) is 0 Å². The maximum absolute atomic E-state index is 2.43. The minimum atomic E-state index is -0.107. The number of benzene rings is 8. The van der Waals surface area contributed by atoms with Crippen LogP contribution in [0.25, 0.3) is 77.2 Å². The van der Waals surface area contributed by atoms with E-state index in [4.69, 9.17) is 0 Å². The third-order valence-corrected chi connectivity index (χ3v) is 10.3. The minimum Gasteiger partial charge on any atom is -0.0622 e. The van der Waals surface area contributed by atoms with Crippen molar-refractivity contribution < 1.29 is 0 Å². The maximum atomic E-state index is 2.43. The van der Waals surface area contributed by atoms with Crippen LogP contribution in [0.15, 0.2) is 170 Å². The van der Waals surface area contributed by atoms with Gasteiger partial charge in [-0.15, -0.1) is 0 Å². The summed E-state index contributed by atoms with van der Waals surface area (Å²) in [5, 5.41) is 5.07. The lowest BCUT2D eigenvalue weighted by molar-refractivity contribution is 0.661. The Morgan fingerprint density at radius 3 is 1.30 bits per heavy atom. The molecule has 0 saturated carbocycles. The molecule has 0 fully saturated rings. The normalized spacial score (nSPS) is 13.1. The quantitative estimate of drug-likeness (QED) is 0.189. The molecule has 0 atom stereocenters. The Morgan fingerprint density at radius 2 is 0.681 bits per heavy atom. The summed E-state index contributed by atoms with van der Waals surface area (Å²) in [6, 6.07) is 62.7. The fraction of sp³-hybridized carbons (Fsp3) is 0.0638. The third-order valence-electron chi connectivity index (χ3n) is 10.3. The molecule has 0 amide bonds. The van der Waals surface area contributed by atoms with E-state index in [2.05, 4.69) is 184 Å². The Hall–Kier alpha value is -5.72. The van der Waals surface area contributed by atoms with Crippen LogP contribution in [0.3, 0.4) is 0 Å². The summed E-state index contributed by atoms with van der Waals surface area (Å²) >= 11 is 0. The molecule has 0 aliphatic heterocycles. The van der Waals surface area contributed by atoms with Crippen molar-refractivity contribution in [3.05, 3.63) is 181 Å². The van der Waals surface area contributed by atoms with Crippen LogP contribution in [0.2, 0.25) is 0 Å². The first-order chi connectivity index (χ1) is 23.0. The van der Waals surface area contributed by atoms with Gasteiger partial charge in [0.15, 0.2) is 0 Å². The van der Waals surface area contributed by atoms with Gasteiger partial charge in [0.2, 0.25) is 0 Å². The summed E-state index contributed by atoms with van der Waals surface area (Å²) < 4.78 is 0. The number of hydrogen-bond donors (Lipinski definition) is 0. The maximum Gasteiger partial charge on any atom is 0.0159 e. The second kappa shape index (κ2) is 10.7. The van der Waals surface area contributed by atoms with Gasteiger partial charge in [-0.3, -0.25) is 0 Å². The zero-order valence-electron chi connectivity index (χ0n) is 26.7. The van der Waals surface area contributed by atoms with Crippen molar-refractivity contribution in [3.63, 3.8) is 0 Å². The van der Waals surface area contributed by atoms with Crippen molar-refractivity contribution in [1.29, 1.82) is 0 Å². The smallest absolute Gasteiger partial charge is 0.0159 e. The minimum absolute atomic E-state index is 0.107. The molecule has 0 nitrogen and oxygen atoms in total. The van der Waals surface area contributed by atoms with Crippen molar-refractivity contribution in [1.82, 2.24) is 0 Å². The summed E-state index contributed by atoms with van der Waals surface area (Å²) in [7, 11) is 0. The highest BCUT2D eigenvalue weighted by molar-refractivity contribution is 5.94. The van der Waals surface area contributed by atoms with Gasteiger partial charge >= 0.3 is 0 Å². The van der Waals surface area contributed by atoms with Crippen LogP contribution >= 0.6 is 0 Å². The van der Waals surface area contributed by atoms with Gasteiger partial charge in [-0.05, 0) is 119 Å². The van der Waals surface area contributed by atoms with Crippen LogP contribution in [-0.4, -0.2) is 0 Å². The van der Waals surface area contributed by atoms with Crippen molar-refractivity contribution >= 4 is 21.5 Å². The Morgan fingerprint density at radius 1 is 0.277 bits per heavy atom. The van der Waals surface area contributed by atoms with Gasteiger partial charge in [0.25, 0.3) is 0 Å². The second-order valence-electron chi connectivity index (χ2n) is 13.4. The summed E-state index contributed by atoms with van der Waals surface area (Å²) in [6.07, 6.45) is 0. The van der Waals surface area contributed by atoms with Gasteiger partial charge in [-0.1, -0.05) is 153 Å². The molecule has 0 heteroatoms. The molecule has 0 N–H and O–H groups in total. The average Bonchev–Trinajstić information content (AvgIpc) is 3.36. The Bertz CT molecular complexity index is 2480. The van der Waals surface area contributed by atoms with Gasteiger partial charge in [-0.25, -0.2) is 0 Å². The van der Waals surface area contributed by atoms with E-state index in [9.17, 15) is 0 Å². The van der Waals surface area contributed by atoms with E-state index >= 15 is 0 Å². The topological polar surface area (TPSA) is 0 Å².